The van der Waals surface area contributed by atoms with E-state index >= 15 is 0 Å². The van der Waals surface area contributed by atoms with Gasteiger partial charge in [-0.15, -0.1) is 0 Å². The van der Waals surface area contributed by atoms with Crippen LogP contribution in [0, 0.1) is 12.3 Å². The van der Waals surface area contributed by atoms with Crippen molar-refractivity contribution in [3.8, 4) is 0 Å². The average molecular weight is 139 g/mol. The van der Waals surface area contributed by atoms with Crippen molar-refractivity contribution < 1.29 is 4.74 Å². The monoisotopic (exact) mass is 139 g/mol. The Hall–Kier alpha value is -0.460. The van der Waals surface area contributed by atoms with Crippen molar-refractivity contribution in [3.05, 3.63) is 19.3 Å². The van der Waals surface area contributed by atoms with Crippen molar-refractivity contribution in [3.63, 3.8) is 0 Å². The molecule has 0 heterocycles. The molecule has 0 bridgehead atoms. The van der Waals surface area contributed by atoms with Gasteiger partial charge in [0.1, 0.15) is 0 Å². The van der Waals surface area contributed by atoms with Gasteiger partial charge in [0.2, 0.25) is 0 Å². The van der Waals surface area contributed by atoms with Crippen molar-refractivity contribution in [1.29, 1.82) is 0 Å². The van der Waals surface area contributed by atoms with E-state index in [0.717, 1.165) is 6.61 Å². The molecular formula is C9H15O. The highest BCUT2D eigenvalue weighted by atomic mass is 16.5. The Labute approximate surface area is 63.1 Å². The van der Waals surface area contributed by atoms with E-state index in [1.165, 1.54) is 31.9 Å². The summed E-state index contributed by atoms with van der Waals surface area (Å²) in [5.74, 6) is 0.687. The molecule has 1 atom stereocenters. The fourth-order valence-electron chi connectivity index (χ4n) is 1.37. The van der Waals surface area contributed by atoms with E-state index in [1.807, 2.05) is 0 Å². The minimum absolute atomic E-state index is 0.687. The molecule has 0 aromatic heterocycles. The van der Waals surface area contributed by atoms with E-state index in [1.54, 1.807) is 0 Å². The zero-order valence-corrected chi connectivity index (χ0v) is 6.38. The molecule has 0 amide bonds. The van der Waals surface area contributed by atoms with E-state index in [4.69, 9.17) is 4.74 Å². The third kappa shape index (κ3) is 2.42. The van der Waals surface area contributed by atoms with E-state index in [-0.39, 0.29) is 0 Å². The fourth-order valence-corrected chi connectivity index (χ4v) is 1.37. The van der Waals surface area contributed by atoms with Crippen LogP contribution in [0.1, 0.15) is 25.7 Å². The summed E-state index contributed by atoms with van der Waals surface area (Å²) in [7, 11) is 0. The van der Waals surface area contributed by atoms with Crippen LogP contribution in [0.4, 0.5) is 0 Å². The van der Waals surface area contributed by atoms with E-state index in [0.29, 0.717) is 5.92 Å². The van der Waals surface area contributed by atoms with Crippen molar-refractivity contribution >= 4 is 0 Å². The molecule has 0 saturated heterocycles. The van der Waals surface area contributed by atoms with Gasteiger partial charge in [0, 0.05) is 0 Å². The highest BCUT2D eigenvalue weighted by Crippen LogP contribution is 2.22. The first-order valence-corrected chi connectivity index (χ1v) is 3.99. The Bertz CT molecular complexity index is 92.9. The molecule has 1 unspecified atom stereocenters. The molecule has 1 aliphatic rings. The minimum Gasteiger partial charge on any atom is -0.502 e. The van der Waals surface area contributed by atoms with Crippen molar-refractivity contribution in [2.45, 2.75) is 25.7 Å². The zero-order valence-electron chi connectivity index (χ0n) is 6.38. The summed E-state index contributed by atoms with van der Waals surface area (Å²) in [4.78, 5) is 0. The summed E-state index contributed by atoms with van der Waals surface area (Å²) in [6.07, 6.45) is 9.20. The number of hydrogen-bond donors (Lipinski definition) is 0. The zero-order chi connectivity index (χ0) is 7.23. The summed E-state index contributed by atoms with van der Waals surface area (Å²) < 4.78 is 5.11. The van der Waals surface area contributed by atoms with Crippen LogP contribution in [0.25, 0.3) is 0 Å². The molecule has 1 heteroatoms. The van der Waals surface area contributed by atoms with Crippen molar-refractivity contribution in [1.82, 2.24) is 0 Å². The molecule has 0 aromatic rings. The minimum atomic E-state index is 0.687. The topological polar surface area (TPSA) is 9.23 Å². The van der Waals surface area contributed by atoms with Gasteiger partial charge in [0.05, 0.1) is 12.9 Å². The summed E-state index contributed by atoms with van der Waals surface area (Å²) in [6.45, 7) is 4.35. The number of hydrogen-bond acceptors (Lipinski definition) is 1. The first kappa shape index (κ1) is 7.64. The van der Waals surface area contributed by atoms with Crippen LogP contribution in [0.15, 0.2) is 12.8 Å². The molecule has 1 radical (unpaired) electrons. The van der Waals surface area contributed by atoms with Crippen molar-refractivity contribution in [2.24, 2.45) is 5.92 Å². The molecule has 57 valence electrons. The Morgan fingerprint density at radius 1 is 1.60 bits per heavy atom. The van der Waals surface area contributed by atoms with Crippen LogP contribution in [0.2, 0.25) is 0 Å². The molecule has 10 heavy (non-hydrogen) atoms. The summed E-state index contributed by atoms with van der Waals surface area (Å²) in [5, 5.41) is 0. The second-order valence-corrected chi connectivity index (χ2v) is 2.78. The van der Waals surface area contributed by atoms with E-state index < -0.39 is 0 Å². The van der Waals surface area contributed by atoms with Crippen LogP contribution in [-0.2, 0) is 4.74 Å². The lowest BCUT2D eigenvalue weighted by Crippen LogP contribution is -2.12. The van der Waals surface area contributed by atoms with Gasteiger partial charge in [-0.05, 0) is 25.2 Å². The van der Waals surface area contributed by atoms with Crippen LogP contribution in [0.5, 0.6) is 0 Å². The maximum atomic E-state index is 5.11. The normalized spacial score (nSPS) is 20.4. The Morgan fingerprint density at radius 3 is 3.10 bits per heavy atom. The first-order chi connectivity index (χ1) is 4.93. The van der Waals surface area contributed by atoms with Crippen molar-refractivity contribution in [2.75, 3.05) is 6.61 Å². The maximum absolute atomic E-state index is 5.11. The number of ether oxygens (including phenoxy) is 1. The molecule has 0 aliphatic heterocycles. The van der Waals surface area contributed by atoms with Crippen LogP contribution >= 0.6 is 0 Å². The molecule has 0 spiro atoms. The van der Waals surface area contributed by atoms with Crippen LogP contribution in [-0.4, -0.2) is 6.61 Å². The number of rotatable bonds is 3. The molecular weight excluding hydrogens is 124 g/mol. The van der Waals surface area contributed by atoms with Gasteiger partial charge in [0.15, 0.2) is 0 Å². The van der Waals surface area contributed by atoms with E-state index in [2.05, 4.69) is 13.0 Å². The largest absolute Gasteiger partial charge is 0.502 e. The predicted molar refractivity (Wildman–Crippen MR) is 42.4 cm³/mol. The first-order valence-electron chi connectivity index (χ1n) is 3.99. The summed E-state index contributed by atoms with van der Waals surface area (Å²) in [5.41, 5.74) is 0. The van der Waals surface area contributed by atoms with Gasteiger partial charge in [0.25, 0.3) is 0 Å². The quantitative estimate of drug-likeness (QED) is 0.546. The molecule has 1 nitrogen and oxygen atoms in total. The Morgan fingerprint density at radius 2 is 2.50 bits per heavy atom. The van der Waals surface area contributed by atoms with E-state index in [9.17, 15) is 0 Å². The molecule has 1 saturated carbocycles. The Balaban J connectivity index is 2.07. The Kier molecular flexibility index (Phi) is 3.34. The van der Waals surface area contributed by atoms with Gasteiger partial charge < -0.3 is 4.74 Å². The predicted octanol–water partition coefficient (Wildman–Crippen LogP) is 2.54. The maximum Gasteiger partial charge on any atom is 0.0903 e. The molecule has 1 aliphatic carbocycles. The van der Waals surface area contributed by atoms with Gasteiger partial charge >= 0.3 is 0 Å². The highest BCUT2D eigenvalue weighted by molar-refractivity contribution is 4.80. The average Bonchev–Trinajstić information content (AvgIpc) is 2.03. The lowest BCUT2D eigenvalue weighted by molar-refractivity contribution is 0.193. The lowest BCUT2D eigenvalue weighted by Gasteiger charge is -2.19. The standard InChI is InChI=1S/C9H15O/c1-2-10-8-9-6-4-3-5-7-9/h2,6,9H,1,3-5,7-8H2. The van der Waals surface area contributed by atoms with Gasteiger partial charge in [-0.25, -0.2) is 0 Å². The summed E-state index contributed by atoms with van der Waals surface area (Å²) in [6, 6.07) is 0. The van der Waals surface area contributed by atoms with Gasteiger partial charge in [-0.3, -0.25) is 0 Å². The molecule has 1 rings (SSSR count). The lowest BCUT2D eigenvalue weighted by atomic mass is 9.90. The molecule has 0 aromatic carbocycles. The summed E-state index contributed by atoms with van der Waals surface area (Å²) >= 11 is 0. The second kappa shape index (κ2) is 4.37. The van der Waals surface area contributed by atoms with Crippen LogP contribution < -0.4 is 0 Å². The fraction of sp³-hybridized carbons (Fsp3) is 0.667. The van der Waals surface area contributed by atoms with Gasteiger partial charge in [-0.2, -0.15) is 0 Å². The highest BCUT2D eigenvalue weighted by Gasteiger charge is 2.12. The smallest absolute Gasteiger partial charge is 0.0903 e. The van der Waals surface area contributed by atoms with Crippen LogP contribution in [0.3, 0.4) is 0 Å². The SMILES string of the molecule is C=COCC1[CH]CCCC1. The third-order valence-corrected chi connectivity index (χ3v) is 1.96. The second-order valence-electron chi connectivity index (χ2n) is 2.78. The molecule has 1 fully saturated rings. The molecule has 0 N–H and O–H groups in total. The van der Waals surface area contributed by atoms with Gasteiger partial charge in [-0.1, -0.05) is 19.4 Å². The third-order valence-electron chi connectivity index (χ3n) is 1.96.